The minimum Gasteiger partial charge on any atom is -0.461 e. The van der Waals surface area contributed by atoms with Crippen LogP contribution in [-0.2, 0) is 28.7 Å². The molecular formula is C14H19NO6. The van der Waals surface area contributed by atoms with Crippen LogP contribution in [-0.4, -0.2) is 53.3 Å². The van der Waals surface area contributed by atoms with E-state index in [0.29, 0.717) is 6.54 Å². The van der Waals surface area contributed by atoms with E-state index in [1.807, 2.05) is 0 Å². The van der Waals surface area contributed by atoms with E-state index in [4.69, 9.17) is 9.47 Å². The van der Waals surface area contributed by atoms with Gasteiger partial charge in [0, 0.05) is 32.9 Å². The maximum absolute atomic E-state index is 12.4. The van der Waals surface area contributed by atoms with Crippen molar-refractivity contribution in [1.29, 1.82) is 0 Å². The number of carbonyl (C=O) groups excluding carboxylic acids is 4. The van der Waals surface area contributed by atoms with Crippen LogP contribution >= 0.6 is 0 Å². The molecule has 0 radical (unpaired) electrons. The third-order valence-corrected chi connectivity index (χ3v) is 3.93. The third-order valence-electron chi connectivity index (χ3n) is 3.93. The molecule has 7 heteroatoms. The first kappa shape index (κ1) is 15.5. The molecule has 0 aromatic rings. The van der Waals surface area contributed by atoms with E-state index >= 15 is 0 Å². The van der Waals surface area contributed by atoms with Crippen molar-refractivity contribution in [3.05, 3.63) is 0 Å². The van der Waals surface area contributed by atoms with E-state index in [9.17, 15) is 19.2 Å². The van der Waals surface area contributed by atoms with E-state index in [1.54, 1.807) is 4.90 Å². The van der Waals surface area contributed by atoms with Crippen molar-refractivity contribution in [2.24, 2.45) is 0 Å². The topological polar surface area (TPSA) is 90.0 Å². The van der Waals surface area contributed by atoms with Gasteiger partial charge in [0.25, 0.3) is 0 Å². The molecule has 2 rings (SSSR count). The Morgan fingerprint density at radius 1 is 1.29 bits per heavy atom. The van der Waals surface area contributed by atoms with Crippen LogP contribution in [0.3, 0.4) is 0 Å². The van der Waals surface area contributed by atoms with Crippen LogP contribution in [0.25, 0.3) is 0 Å². The molecule has 2 heterocycles. The second-order valence-corrected chi connectivity index (χ2v) is 5.56. The Hall–Kier alpha value is -1.92. The maximum Gasteiger partial charge on any atom is 0.303 e. The number of Topliss-reactive ketones (excluding diaryl/α,β-unsaturated/α-hetero) is 1. The molecule has 0 unspecified atom stereocenters. The number of amides is 1. The van der Waals surface area contributed by atoms with Crippen molar-refractivity contribution in [1.82, 2.24) is 4.90 Å². The molecule has 0 spiro atoms. The van der Waals surface area contributed by atoms with Gasteiger partial charge in [-0.2, -0.15) is 0 Å². The van der Waals surface area contributed by atoms with E-state index in [-0.39, 0.29) is 31.4 Å². The van der Waals surface area contributed by atoms with Crippen molar-refractivity contribution in [2.45, 2.75) is 51.2 Å². The van der Waals surface area contributed by atoms with Crippen LogP contribution in [0.5, 0.6) is 0 Å². The SMILES string of the molecule is CC(=O)OC[C@]1(OC(C)=O)C[C@H]2CCCN2C(=O)CC1=O. The highest BCUT2D eigenvalue weighted by Crippen LogP contribution is 2.33. The number of rotatable bonds is 3. The molecule has 0 aliphatic carbocycles. The monoisotopic (exact) mass is 297 g/mol. The lowest BCUT2D eigenvalue weighted by molar-refractivity contribution is -0.177. The summed E-state index contributed by atoms with van der Waals surface area (Å²) in [5.74, 6) is -1.94. The van der Waals surface area contributed by atoms with Crippen LogP contribution in [0.1, 0.15) is 39.5 Å². The van der Waals surface area contributed by atoms with Crippen molar-refractivity contribution in [3.8, 4) is 0 Å². The molecule has 1 amide bonds. The summed E-state index contributed by atoms with van der Waals surface area (Å²) in [7, 11) is 0. The number of fused-ring (bicyclic) bond motifs is 1. The number of hydrogen-bond donors (Lipinski definition) is 0. The van der Waals surface area contributed by atoms with Gasteiger partial charge in [-0.3, -0.25) is 19.2 Å². The minimum atomic E-state index is -1.54. The van der Waals surface area contributed by atoms with Gasteiger partial charge in [-0.1, -0.05) is 0 Å². The number of ether oxygens (including phenoxy) is 2. The lowest BCUT2D eigenvalue weighted by Gasteiger charge is -2.32. The highest BCUT2D eigenvalue weighted by Gasteiger charge is 2.50. The first-order valence-electron chi connectivity index (χ1n) is 7.00. The van der Waals surface area contributed by atoms with Crippen LogP contribution < -0.4 is 0 Å². The molecule has 2 saturated heterocycles. The van der Waals surface area contributed by atoms with Crippen molar-refractivity contribution in [3.63, 3.8) is 0 Å². The van der Waals surface area contributed by atoms with Gasteiger partial charge in [0.1, 0.15) is 6.61 Å². The third kappa shape index (κ3) is 3.22. The lowest BCUT2D eigenvalue weighted by Crippen LogP contribution is -2.49. The fourth-order valence-corrected chi connectivity index (χ4v) is 3.03. The first-order valence-corrected chi connectivity index (χ1v) is 7.00. The van der Waals surface area contributed by atoms with Crippen LogP contribution in [0.15, 0.2) is 0 Å². The van der Waals surface area contributed by atoms with Crippen molar-refractivity contribution < 1.29 is 28.7 Å². The zero-order valence-electron chi connectivity index (χ0n) is 12.2. The Morgan fingerprint density at radius 2 is 2.00 bits per heavy atom. The molecule has 21 heavy (non-hydrogen) atoms. The Morgan fingerprint density at radius 3 is 2.62 bits per heavy atom. The van der Waals surface area contributed by atoms with Gasteiger partial charge in [-0.15, -0.1) is 0 Å². The smallest absolute Gasteiger partial charge is 0.303 e. The standard InChI is InChI=1S/C14H19NO6/c1-9(16)20-8-14(21-10(2)17)7-11-4-3-5-15(11)13(19)6-12(14)18/h11H,3-8H2,1-2H3/t11-,14-/m1/s1. The fourth-order valence-electron chi connectivity index (χ4n) is 3.03. The molecular weight excluding hydrogens is 278 g/mol. The van der Waals surface area contributed by atoms with E-state index in [2.05, 4.69) is 0 Å². The number of hydrogen-bond acceptors (Lipinski definition) is 6. The summed E-state index contributed by atoms with van der Waals surface area (Å²) < 4.78 is 10.2. The molecule has 0 bridgehead atoms. The number of ketones is 1. The molecule has 2 aliphatic heterocycles. The molecule has 2 atom stereocenters. The number of esters is 2. The summed E-state index contributed by atoms with van der Waals surface area (Å²) in [6, 6.07) is -0.154. The Kier molecular flexibility index (Phi) is 4.29. The predicted molar refractivity (Wildman–Crippen MR) is 70.1 cm³/mol. The number of nitrogens with zero attached hydrogens (tertiary/aromatic N) is 1. The Balaban J connectivity index is 2.30. The average Bonchev–Trinajstić information content (AvgIpc) is 2.79. The van der Waals surface area contributed by atoms with Gasteiger partial charge in [0.2, 0.25) is 11.5 Å². The molecule has 7 nitrogen and oxygen atoms in total. The largest absolute Gasteiger partial charge is 0.461 e. The summed E-state index contributed by atoms with van der Waals surface area (Å²) in [6.07, 6.45) is 1.46. The average molecular weight is 297 g/mol. The van der Waals surface area contributed by atoms with Gasteiger partial charge in [0.15, 0.2) is 5.78 Å². The summed E-state index contributed by atoms with van der Waals surface area (Å²) in [6.45, 7) is 2.69. The molecule has 0 N–H and O–H groups in total. The van der Waals surface area contributed by atoms with Crippen molar-refractivity contribution in [2.75, 3.05) is 13.2 Å². The maximum atomic E-state index is 12.4. The molecule has 2 fully saturated rings. The van der Waals surface area contributed by atoms with E-state index in [1.165, 1.54) is 13.8 Å². The minimum absolute atomic E-state index is 0.154. The highest BCUT2D eigenvalue weighted by molar-refractivity contribution is 6.04. The summed E-state index contributed by atoms with van der Waals surface area (Å²) in [5, 5.41) is 0. The van der Waals surface area contributed by atoms with Gasteiger partial charge in [-0.05, 0) is 12.8 Å². The first-order chi connectivity index (χ1) is 9.84. The zero-order chi connectivity index (χ0) is 15.6. The highest BCUT2D eigenvalue weighted by atomic mass is 16.6. The fraction of sp³-hybridized carbons (Fsp3) is 0.714. The molecule has 0 aromatic heterocycles. The Bertz CT molecular complexity index is 488. The predicted octanol–water partition coefficient (Wildman–Crippen LogP) is 0.205. The summed E-state index contributed by atoms with van der Waals surface area (Å²) in [4.78, 5) is 48.6. The molecule has 0 saturated carbocycles. The Labute approximate surface area is 122 Å². The van der Waals surface area contributed by atoms with E-state index < -0.39 is 23.3 Å². The summed E-state index contributed by atoms with van der Waals surface area (Å²) in [5.41, 5.74) is -1.54. The van der Waals surface area contributed by atoms with Crippen LogP contribution in [0.4, 0.5) is 0 Å². The molecule has 116 valence electrons. The second-order valence-electron chi connectivity index (χ2n) is 5.56. The van der Waals surface area contributed by atoms with Crippen LogP contribution in [0, 0.1) is 0 Å². The lowest BCUT2D eigenvalue weighted by atomic mass is 9.89. The normalized spacial score (nSPS) is 28.9. The van der Waals surface area contributed by atoms with E-state index in [0.717, 1.165) is 12.8 Å². The quantitative estimate of drug-likeness (QED) is 0.546. The molecule has 2 aliphatic rings. The molecule has 0 aromatic carbocycles. The van der Waals surface area contributed by atoms with Gasteiger partial charge in [0.05, 0.1) is 6.42 Å². The van der Waals surface area contributed by atoms with Gasteiger partial charge >= 0.3 is 11.9 Å². The number of carbonyl (C=O) groups is 4. The van der Waals surface area contributed by atoms with Gasteiger partial charge in [-0.25, -0.2) is 0 Å². The van der Waals surface area contributed by atoms with Crippen LogP contribution in [0.2, 0.25) is 0 Å². The summed E-state index contributed by atoms with van der Waals surface area (Å²) >= 11 is 0. The van der Waals surface area contributed by atoms with Crippen molar-refractivity contribution >= 4 is 23.6 Å². The second kappa shape index (κ2) is 5.83. The van der Waals surface area contributed by atoms with Gasteiger partial charge < -0.3 is 14.4 Å². The zero-order valence-corrected chi connectivity index (χ0v) is 12.2.